The second kappa shape index (κ2) is 8.95. The van der Waals surface area contributed by atoms with Gasteiger partial charge in [-0.25, -0.2) is 4.98 Å². The van der Waals surface area contributed by atoms with Crippen molar-refractivity contribution in [2.24, 2.45) is 0 Å². The fourth-order valence-corrected chi connectivity index (χ4v) is 3.79. The molecule has 0 aliphatic carbocycles. The van der Waals surface area contributed by atoms with Crippen molar-refractivity contribution in [3.63, 3.8) is 0 Å². The molecule has 0 atom stereocenters. The summed E-state index contributed by atoms with van der Waals surface area (Å²) in [7, 11) is 1.54. The van der Waals surface area contributed by atoms with E-state index >= 15 is 0 Å². The van der Waals surface area contributed by atoms with Gasteiger partial charge in [0.25, 0.3) is 11.8 Å². The molecule has 2 aromatic carbocycles. The van der Waals surface area contributed by atoms with Crippen LogP contribution in [-0.4, -0.2) is 41.9 Å². The Kier molecular flexibility index (Phi) is 5.93. The van der Waals surface area contributed by atoms with Crippen molar-refractivity contribution >= 4 is 28.3 Å². The molecule has 30 heavy (non-hydrogen) atoms. The van der Waals surface area contributed by atoms with E-state index < -0.39 is 0 Å². The molecule has 1 N–H and O–H groups in total. The van der Waals surface area contributed by atoms with Crippen molar-refractivity contribution in [2.45, 2.75) is 25.7 Å². The molecular formula is C24H25N3O3. The van der Waals surface area contributed by atoms with Gasteiger partial charge in [-0.1, -0.05) is 31.0 Å². The van der Waals surface area contributed by atoms with E-state index in [0.29, 0.717) is 17.1 Å². The molecule has 0 saturated carbocycles. The second-order valence-electron chi connectivity index (χ2n) is 7.48. The van der Waals surface area contributed by atoms with Gasteiger partial charge in [-0.15, -0.1) is 0 Å². The third-order valence-corrected chi connectivity index (χ3v) is 5.41. The maximum absolute atomic E-state index is 12.7. The SMILES string of the molecule is COc1nc(C(=O)Nc2ccc(C(=O)N3CCCCCC3)cc2)cc2ccccc12. The largest absolute Gasteiger partial charge is 0.481 e. The number of fused-ring (bicyclic) bond motifs is 1. The lowest BCUT2D eigenvalue weighted by Gasteiger charge is -2.20. The molecule has 3 aromatic rings. The molecule has 6 heteroatoms. The number of ether oxygens (including phenoxy) is 1. The predicted octanol–water partition coefficient (Wildman–Crippen LogP) is 4.51. The number of methoxy groups -OCH3 is 1. The quantitative estimate of drug-likeness (QED) is 0.696. The van der Waals surface area contributed by atoms with Crippen LogP contribution in [-0.2, 0) is 0 Å². The molecule has 1 aliphatic rings. The number of nitrogens with one attached hydrogen (secondary N) is 1. The first-order valence-electron chi connectivity index (χ1n) is 10.3. The molecule has 2 amide bonds. The number of nitrogens with zero attached hydrogens (tertiary/aromatic N) is 2. The zero-order valence-electron chi connectivity index (χ0n) is 17.1. The highest BCUT2D eigenvalue weighted by atomic mass is 16.5. The number of aromatic nitrogens is 1. The minimum atomic E-state index is -0.328. The lowest BCUT2D eigenvalue weighted by molar-refractivity contribution is 0.0761. The zero-order chi connectivity index (χ0) is 20.9. The van der Waals surface area contributed by atoms with Crippen molar-refractivity contribution in [3.8, 4) is 5.88 Å². The average molecular weight is 403 g/mol. The number of rotatable bonds is 4. The maximum atomic E-state index is 12.7. The third-order valence-electron chi connectivity index (χ3n) is 5.41. The van der Waals surface area contributed by atoms with Crippen LogP contribution in [0.25, 0.3) is 10.8 Å². The summed E-state index contributed by atoms with van der Waals surface area (Å²) < 4.78 is 5.34. The fourth-order valence-electron chi connectivity index (χ4n) is 3.79. The van der Waals surface area contributed by atoms with E-state index in [1.807, 2.05) is 29.2 Å². The van der Waals surface area contributed by atoms with E-state index in [9.17, 15) is 9.59 Å². The molecule has 0 spiro atoms. The molecule has 1 saturated heterocycles. The van der Waals surface area contributed by atoms with E-state index in [1.54, 1.807) is 30.3 Å². The summed E-state index contributed by atoms with van der Waals surface area (Å²) in [6, 6.07) is 16.4. The summed E-state index contributed by atoms with van der Waals surface area (Å²) in [5, 5.41) is 4.58. The number of likely N-dealkylation sites (tertiary alicyclic amines) is 1. The van der Waals surface area contributed by atoms with Crippen LogP contribution in [0.3, 0.4) is 0 Å². The highest BCUT2D eigenvalue weighted by Crippen LogP contribution is 2.24. The van der Waals surface area contributed by atoms with Gasteiger partial charge in [0.1, 0.15) is 5.69 Å². The number of carbonyl (C=O) groups is 2. The van der Waals surface area contributed by atoms with Crippen LogP contribution in [0.4, 0.5) is 5.69 Å². The van der Waals surface area contributed by atoms with Gasteiger partial charge in [0.15, 0.2) is 0 Å². The van der Waals surface area contributed by atoms with Crippen LogP contribution >= 0.6 is 0 Å². The molecule has 6 nitrogen and oxygen atoms in total. The number of hydrogen-bond acceptors (Lipinski definition) is 4. The third kappa shape index (κ3) is 4.27. The molecule has 154 valence electrons. The first kappa shape index (κ1) is 19.9. The van der Waals surface area contributed by atoms with Crippen molar-refractivity contribution in [1.29, 1.82) is 0 Å². The van der Waals surface area contributed by atoms with Gasteiger partial charge < -0.3 is 15.0 Å². The Balaban J connectivity index is 1.48. The number of benzene rings is 2. The minimum Gasteiger partial charge on any atom is -0.481 e. The molecule has 2 heterocycles. The van der Waals surface area contributed by atoms with Crippen LogP contribution < -0.4 is 10.1 Å². The number of hydrogen-bond donors (Lipinski definition) is 1. The van der Waals surface area contributed by atoms with Gasteiger partial charge in [0, 0.05) is 29.7 Å². The monoisotopic (exact) mass is 403 g/mol. The summed E-state index contributed by atoms with van der Waals surface area (Å²) in [5.41, 5.74) is 1.53. The predicted molar refractivity (Wildman–Crippen MR) is 117 cm³/mol. The van der Waals surface area contributed by atoms with Crippen molar-refractivity contribution in [1.82, 2.24) is 9.88 Å². The van der Waals surface area contributed by atoms with Crippen molar-refractivity contribution < 1.29 is 14.3 Å². The van der Waals surface area contributed by atoms with Gasteiger partial charge in [-0.05, 0) is 54.6 Å². The Bertz CT molecular complexity index is 1050. The first-order chi connectivity index (χ1) is 14.7. The van der Waals surface area contributed by atoms with Gasteiger partial charge in [-0.3, -0.25) is 9.59 Å². The Labute approximate surface area is 175 Å². The Morgan fingerprint density at radius 1 is 0.967 bits per heavy atom. The van der Waals surface area contributed by atoms with Gasteiger partial charge in [0.05, 0.1) is 7.11 Å². The first-order valence-corrected chi connectivity index (χ1v) is 10.3. The van der Waals surface area contributed by atoms with Crippen molar-refractivity contribution in [2.75, 3.05) is 25.5 Å². The van der Waals surface area contributed by atoms with Crippen LogP contribution in [0.1, 0.15) is 46.5 Å². The van der Waals surface area contributed by atoms with E-state index in [1.165, 1.54) is 20.0 Å². The fraction of sp³-hybridized carbons (Fsp3) is 0.292. The van der Waals surface area contributed by atoms with Crippen LogP contribution in [0.15, 0.2) is 54.6 Å². The smallest absolute Gasteiger partial charge is 0.274 e. The maximum Gasteiger partial charge on any atom is 0.274 e. The molecule has 0 bridgehead atoms. The lowest BCUT2D eigenvalue weighted by Crippen LogP contribution is -2.31. The number of carbonyl (C=O) groups excluding carboxylic acids is 2. The normalized spacial score (nSPS) is 14.2. The molecule has 4 rings (SSSR count). The van der Waals surface area contributed by atoms with Crippen molar-refractivity contribution in [3.05, 3.63) is 65.9 Å². The molecule has 1 aromatic heterocycles. The minimum absolute atomic E-state index is 0.0516. The van der Waals surface area contributed by atoms with Crippen LogP contribution in [0.5, 0.6) is 5.88 Å². The highest BCUT2D eigenvalue weighted by molar-refractivity contribution is 6.05. The van der Waals surface area contributed by atoms with Crippen LogP contribution in [0.2, 0.25) is 0 Å². The Hall–Kier alpha value is -3.41. The number of amides is 2. The molecule has 0 unspecified atom stereocenters. The van der Waals surface area contributed by atoms with E-state index in [4.69, 9.17) is 4.74 Å². The van der Waals surface area contributed by atoms with E-state index in [0.717, 1.165) is 36.7 Å². The van der Waals surface area contributed by atoms with Gasteiger partial charge in [-0.2, -0.15) is 0 Å². The van der Waals surface area contributed by atoms with Crippen LogP contribution in [0, 0.1) is 0 Å². The summed E-state index contributed by atoms with van der Waals surface area (Å²) in [4.78, 5) is 31.7. The summed E-state index contributed by atoms with van der Waals surface area (Å²) >= 11 is 0. The average Bonchev–Trinajstić information content (AvgIpc) is 3.08. The topological polar surface area (TPSA) is 71.5 Å². The summed E-state index contributed by atoms with van der Waals surface area (Å²) in [6.07, 6.45) is 4.48. The standard InChI is InChI=1S/C24H25N3O3/c1-30-23-20-9-5-4-8-18(20)16-21(26-23)22(28)25-19-12-10-17(11-13-19)24(29)27-14-6-2-3-7-15-27/h4-5,8-13,16H,2-3,6-7,14-15H2,1H3,(H,25,28). The number of anilines is 1. The summed E-state index contributed by atoms with van der Waals surface area (Å²) in [6.45, 7) is 1.62. The molecule has 0 radical (unpaired) electrons. The van der Waals surface area contributed by atoms with E-state index in [2.05, 4.69) is 10.3 Å². The molecular weight excluding hydrogens is 378 g/mol. The zero-order valence-corrected chi connectivity index (χ0v) is 17.1. The lowest BCUT2D eigenvalue weighted by atomic mass is 10.1. The molecule has 1 fully saturated rings. The summed E-state index contributed by atoms with van der Waals surface area (Å²) in [5.74, 6) is 0.137. The van der Waals surface area contributed by atoms with E-state index in [-0.39, 0.29) is 17.5 Å². The highest BCUT2D eigenvalue weighted by Gasteiger charge is 2.18. The van der Waals surface area contributed by atoms with Gasteiger partial charge in [0.2, 0.25) is 5.88 Å². The Morgan fingerprint density at radius 2 is 1.67 bits per heavy atom. The molecule has 1 aliphatic heterocycles. The number of pyridine rings is 1. The van der Waals surface area contributed by atoms with Gasteiger partial charge >= 0.3 is 0 Å². The Morgan fingerprint density at radius 3 is 2.37 bits per heavy atom. The second-order valence-corrected chi connectivity index (χ2v) is 7.48.